The molecule has 0 aliphatic carbocycles. The predicted octanol–water partition coefficient (Wildman–Crippen LogP) is 5.92. The van der Waals surface area contributed by atoms with Gasteiger partial charge in [0.05, 0.1) is 17.1 Å². The van der Waals surface area contributed by atoms with E-state index in [9.17, 15) is 9.59 Å². The van der Waals surface area contributed by atoms with Crippen LogP contribution in [0.5, 0.6) is 5.75 Å². The fourth-order valence-corrected chi connectivity index (χ4v) is 4.46. The SMILES string of the molecule is CCCCCN1C(=O)C(SCc2ccccc2)=C(c2ccc(OCC(C)C)cc2)C1=O. The zero-order valence-corrected chi connectivity index (χ0v) is 19.4. The molecule has 31 heavy (non-hydrogen) atoms. The van der Waals surface area contributed by atoms with Crippen LogP contribution in [0.3, 0.4) is 0 Å². The quantitative estimate of drug-likeness (QED) is 0.323. The van der Waals surface area contributed by atoms with Gasteiger partial charge in [0.2, 0.25) is 0 Å². The Balaban J connectivity index is 1.85. The van der Waals surface area contributed by atoms with Crippen molar-refractivity contribution >= 4 is 29.1 Å². The average Bonchev–Trinajstić information content (AvgIpc) is 3.01. The van der Waals surface area contributed by atoms with Gasteiger partial charge in [-0.2, -0.15) is 0 Å². The monoisotopic (exact) mass is 437 g/mol. The Bertz CT molecular complexity index is 919. The van der Waals surface area contributed by atoms with E-state index in [1.165, 1.54) is 16.7 Å². The highest BCUT2D eigenvalue weighted by Gasteiger charge is 2.38. The van der Waals surface area contributed by atoms with Gasteiger partial charge in [-0.15, -0.1) is 11.8 Å². The number of amides is 2. The Kier molecular flexibility index (Phi) is 8.35. The van der Waals surface area contributed by atoms with E-state index in [0.29, 0.717) is 35.3 Å². The number of carbonyl (C=O) groups is 2. The first-order valence-electron chi connectivity index (χ1n) is 11.0. The van der Waals surface area contributed by atoms with Gasteiger partial charge < -0.3 is 4.74 Å². The molecule has 5 heteroatoms. The van der Waals surface area contributed by atoms with E-state index in [1.54, 1.807) is 0 Å². The third-order valence-electron chi connectivity index (χ3n) is 5.06. The van der Waals surface area contributed by atoms with Crippen LogP contribution < -0.4 is 4.74 Å². The third-order valence-corrected chi connectivity index (χ3v) is 6.21. The molecule has 0 saturated carbocycles. The van der Waals surface area contributed by atoms with Gasteiger partial charge in [-0.25, -0.2) is 0 Å². The summed E-state index contributed by atoms with van der Waals surface area (Å²) in [4.78, 5) is 28.4. The molecule has 0 radical (unpaired) electrons. The maximum atomic E-state index is 13.2. The second-order valence-corrected chi connectivity index (χ2v) is 9.16. The molecule has 0 fully saturated rings. The molecule has 4 nitrogen and oxygen atoms in total. The summed E-state index contributed by atoms with van der Waals surface area (Å²) in [6, 6.07) is 17.5. The van der Waals surface area contributed by atoms with Crippen LogP contribution in [-0.2, 0) is 15.3 Å². The molecule has 0 spiro atoms. The molecule has 1 aliphatic heterocycles. The first-order chi connectivity index (χ1) is 15.0. The van der Waals surface area contributed by atoms with E-state index in [2.05, 4.69) is 20.8 Å². The Morgan fingerprint density at radius 1 is 0.935 bits per heavy atom. The van der Waals surface area contributed by atoms with E-state index in [0.717, 1.165) is 36.1 Å². The van der Waals surface area contributed by atoms with Gasteiger partial charge in [0.1, 0.15) is 5.75 Å². The molecule has 0 bridgehead atoms. The molecule has 1 aliphatic rings. The second kappa shape index (κ2) is 11.2. The zero-order valence-electron chi connectivity index (χ0n) is 18.6. The van der Waals surface area contributed by atoms with Crippen molar-refractivity contribution in [1.29, 1.82) is 0 Å². The average molecular weight is 438 g/mol. The van der Waals surface area contributed by atoms with Crippen molar-refractivity contribution < 1.29 is 14.3 Å². The van der Waals surface area contributed by atoms with Crippen molar-refractivity contribution in [2.24, 2.45) is 5.92 Å². The highest BCUT2D eigenvalue weighted by Crippen LogP contribution is 2.38. The smallest absolute Gasteiger partial charge is 0.267 e. The number of rotatable bonds is 11. The number of unbranched alkanes of at least 4 members (excludes halogenated alkanes) is 2. The van der Waals surface area contributed by atoms with Gasteiger partial charge in [-0.1, -0.05) is 76.1 Å². The van der Waals surface area contributed by atoms with Gasteiger partial charge in [0.15, 0.2) is 0 Å². The maximum absolute atomic E-state index is 13.2. The zero-order chi connectivity index (χ0) is 22.2. The maximum Gasteiger partial charge on any atom is 0.267 e. The van der Waals surface area contributed by atoms with E-state index in [1.807, 2.05) is 54.6 Å². The van der Waals surface area contributed by atoms with Crippen LogP contribution in [0.25, 0.3) is 5.57 Å². The molecule has 2 aromatic rings. The largest absolute Gasteiger partial charge is 0.493 e. The van der Waals surface area contributed by atoms with Crippen molar-refractivity contribution in [3.8, 4) is 5.75 Å². The number of carbonyl (C=O) groups excluding carboxylic acids is 2. The predicted molar refractivity (Wildman–Crippen MR) is 128 cm³/mol. The number of imide groups is 1. The molecule has 0 saturated heterocycles. The number of thioether (sulfide) groups is 1. The number of hydrogen-bond acceptors (Lipinski definition) is 4. The van der Waals surface area contributed by atoms with E-state index >= 15 is 0 Å². The highest BCUT2D eigenvalue weighted by atomic mass is 32.2. The Labute approximate surface area is 189 Å². The lowest BCUT2D eigenvalue weighted by atomic mass is 10.1. The van der Waals surface area contributed by atoms with Crippen LogP contribution in [0.1, 0.15) is 51.2 Å². The van der Waals surface area contributed by atoms with Crippen molar-refractivity contribution in [2.45, 2.75) is 45.8 Å². The van der Waals surface area contributed by atoms with Crippen molar-refractivity contribution in [3.05, 3.63) is 70.6 Å². The van der Waals surface area contributed by atoms with Crippen molar-refractivity contribution in [3.63, 3.8) is 0 Å². The van der Waals surface area contributed by atoms with E-state index in [-0.39, 0.29) is 11.8 Å². The summed E-state index contributed by atoms with van der Waals surface area (Å²) in [6.07, 6.45) is 2.88. The summed E-state index contributed by atoms with van der Waals surface area (Å²) >= 11 is 1.45. The summed E-state index contributed by atoms with van der Waals surface area (Å²) in [7, 11) is 0. The normalized spacial score (nSPS) is 14.1. The number of nitrogens with zero attached hydrogens (tertiary/aromatic N) is 1. The number of benzene rings is 2. The summed E-state index contributed by atoms with van der Waals surface area (Å²) in [5.74, 6) is 1.50. The van der Waals surface area contributed by atoms with E-state index in [4.69, 9.17) is 4.74 Å². The Hall–Kier alpha value is -2.53. The molecular formula is C26H31NO3S. The van der Waals surface area contributed by atoms with E-state index < -0.39 is 0 Å². The standard InChI is InChI=1S/C26H31NO3S/c1-4-5-9-16-27-25(28)23(21-12-14-22(15-13-21)30-17-19(2)3)24(26(27)29)31-18-20-10-7-6-8-11-20/h6-8,10-15,19H,4-5,9,16-18H2,1-3H3. The third kappa shape index (κ3) is 6.01. The van der Waals surface area contributed by atoms with Gasteiger partial charge in [0.25, 0.3) is 11.8 Å². The Morgan fingerprint density at radius 2 is 1.65 bits per heavy atom. The van der Waals surface area contributed by atoms with Crippen LogP contribution in [-0.4, -0.2) is 29.9 Å². The molecule has 0 N–H and O–H groups in total. The molecule has 2 amide bonds. The Morgan fingerprint density at radius 3 is 2.29 bits per heavy atom. The molecular weight excluding hydrogens is 406 g/mol. The minimum absolute atomic E-state index is 0.169. The lowest BCUT2D eigenvalue weighted by Gasteiger charge is -2.14. The minimum atomic E-state index is -0.187. The highest BCUT2D eigenvalue weighted by molar-refractivity contribution is 8.03. The first kappa shape index (κ1) is 23.1. The fourth-order valence-electron chi connectivity index (χ4n) is 3.38. The van der Waals surface area contributed by atoms with Gasteiger partial charge in [-0.05, 0) is 35.6 Å². The van der Waals surface area contributed by atoms with Gasteiger partial charge in [0, 0.05) is 12.3 Å². The molecule has 0 atom stereocenters. The number of ether oxygens (including phenoxy) is 1. The molecule has 2 aromatic carbocycles. The second-order valence-electron chi connectivity index (χ2n) is 8.18. The lowest BCUT2D eigenvalue weighted by molar-refractivity contribution is -0.136. The van der Waals surface area contributed by atoms with Crippen LogP contribution in [0.2, 0.25) is 0 Å². The van der Waals surface area contributed by atoms with Crippen molar-refractivity contribution in [1.82, 2.24) is 4.90 Å². The van der Waals surface area contributed by atoms with Crippen LogP contribution in [0, 0.1) is 5.92 Å². The summed E-state index contributed by atoms with van der Waals surface area (Å²) in [5.41, 5.74) is 2.41. The number of hydrogen-bond donors (Lipinski definition) is 0. The molecule has 164 valence electrons. The summed E-state index contributed by atoms with van der Waals surface area (Å²) in [5, 5.41) is 0. The van der Waals surface area contributed by atoms with Crippen molar-refractivity contribution in [2.75, 3.05) is 13.2 Å². The molecule has 3 rings (SSSR count). The van der Waals surface area contributed by atoms with Crippen LogP contribution in [0.15, 0.2) is 59.5 Å². The minimum Gasteiger partial charge on any atom is -0.493 e. The molecule has 0 unspecified atom stereocenters. The molecule has 1 heterocycles. The van der Waals surface area contributed by atoms with Gasteiger partial charge in [-0.3, -0.25) is 14.5 Å². The van der Waals surface area contributed by atoms with Gasteiger partial charge >= 0.3 is 0 Å². The molecule has 0 aromatic heterocycles. The first-order valence-corrected chi connectivity index (χ1v) is 12.0. The lowest BCUT2D eigenvalue weighted by Crippen LogP contribution is -2.32. The fraction of sp³-hybridized carbons (Fsp3) is 0.385. The summed E-state index contributed by atoms with van der Waals surface area (Å²) < 4.78 is 5.77. The topological polar surface area (TPSA) is 46.6 Å². The summed E-state index contributed by atoms with van der Waals surface area (Å²) in [6.45, 7) is 7.43. The van der Waals surface area contributed by atoms with Crippen LogP contribution in [0.4, 0.5) is 0 Å². The van der Waals surface area contributed by atoms with Crippen LogP contribution >= 0.6 is 11.8 Å².